The predicted molar refractivity (Wildman–Crippen MR) is 70.7 cm³/mol. The normalized spacial score (nSPS) is 24.0. The van der Waals surface area contributed by atoms with Crippen molar-refractivity contribution in [2.45, 2.75) is 58.0 Å². The maximum atomic E-state index is 5.35. The van der Waals surface area contributed by atoms with Crippen LogP contribution in [-0.2, 0) is 4.74 Å². The Balaban J connectivity index is 0.000000453. The number of nitrogens with zero attached hydrogens (tertiary/aromatic N) is 1. The van der Waals surface area contributed by atoms with Crippen LogP contribution in [0.1, 0.15) is 47.4 Å². The Kier molecular flexibility index (Phi) is 7.01. The molecule has 1 heterocycles. The van der Waals surface area contributed by atoms with Gasteiger partial charge in [-0.3, -0.25) is 4.90 Å². The van der Waals surface area contributed by atoms with Gasteiger partial charge >= 0.3 is 0 Å². The minimum atomic E-state index is 0. The van der Waals surface area contributed by atoms with Gasteiger partial charge < -0.3 is 10.5 Å². The highest BCUT2D eigenvalue weighted by Gasteiger charge is 2.22. The summed E-state index contributed by atoms with van der Waals surface area (Å²) in [6.07, 6.45) is 7.21. The van der Waals surface area contributed by atoms with Gasteiger partial charge in [-0.15, -0.1) is 0 Å². The van der Waals surface area contributed by atoms with Gasteiger partial charge in [-0.25, -0.2) is 0 Å². The Hall–Kier alpha value is -0.120. The molecule has 2 aliphatic rings. The summed E-state index contributed by atoms with van der Waals surface area (Å²) in [5.74, 6) is 0. The fourth-order valence-electron chi connectivity index (χ4n) is 2.39. The lowest BCUT2D eigenvalue weighted by Crippen LogP contribution is -2.44. The SMILES string of the molecule is C1CCC(N2CCOCC2)CC1.CC(C)N.[HH]. The Labute approximate surface area is 102 Å². The molecule has 2 fully saturated rings. The molecular formula is C13H30N2O. The first-order valence-corrected chi connectivity index (χ1v) is 6.77. The Bertz CT molecular complexity index is 148. The van der Waals surface area contributed by atoms with Crippen molar-refractivity contribution in [3.63, 3.8) is 0 Å². The van der Waals surface area contributed by atoms with Crippen molar-refractivity contribution in [2.24, 2.45) is 5.73 Å². The number of morpholine rings is 1. The van der Waals surface area contributed by atoms with Gasteiger partial charge in [0.15, 0.2) is 0 Å². The molecule has 0 radical (unpaired) electrons. The van der Waals surface area contributed by atoms with Crippen molar-refractivity contribution in [2.75, 3.05) is 26.3 Å². The highest BCUT2D eigenvalue weighted by Crippen LogP contribution is 2.22. The third-order valence-electron chi connectivity index (χ3n) is 3.14. The molecule has 0 aromatic heterocycles. The molecule has 1 saturated heterocycles. The van der Waals surface area contributed by atoms with Crippen LogP contribution in [0.4, 0.5) is 0 Å². The summed E-state index contributed by atoms with van der Waals surface area (Å²) in [4.78, 5) is 2.63. The van der Waals surface area contributed by atoms with E-state index in [0.29, 0.717) is 6.04 Å². The zero-order valence-electron chi connectivity index (χ0n) is 11.0. The van der Waals surface area contributed by atoms with Crippen molar-refractivity contribution in [3.05, 3.63) is 0 Å². The maximum absolute atomic E-state index is 5.35. The largest absolute Gasteiger partial charge is 0.379 e. The van der Waals surface area contributed by atoms with Gasteiger partial charge in [-0.1, -0.05) is 33.1 Å². The highest BCUT2D eigenvalue weighted by molar-refractivity contribution is 4.76. The van der Waals surface area contributed by atoms with Crippen LogP contribution in [-0.4, -0.2) is 43.3 Å². The minimum absolute atomic E-state index is 0. The number of hydrogen-bond donors (Lipinski definition) is 1. The van der Waals surface area contributed by atoms with Crippen LogP contribution in [0.25, 0.3) is 0 Å². The fourth-order valence-corrected chi connectivity index (χ4v) is 2.39. The Morgan fingerprint density at radius 3 is 2.12 bits per heavy atom. The zero-order valence-corrected chi connectivity index (χ0v) is 11.0. The monoisotopic (exact) mass is 230 g/mol. The van der Waals surface area contributed by atoms with E-state index in [-0.39, 0.29) is 1.43 Å². The van der Waals surface area contributed by atoms with Gasteiger partial charge in [0.1, 0.15) is 0 Å². The standard InChI is InChI=1S/C10H19NO.C3H9N.H2/c1-2-4-10(5-3-1)11-6-8-12-9-7-11;1-3(2)4;/h10H,1-9H2;3H,4H2,1-2H3;1H. The molecule has 1 saturated carbocycles. The molecule has 0 amide bonds. The fraction of sp³-hybridized carbons (Fsp3) is 1.00. The molecule has 1 aliphatic carbocycles. The average Bonchev–Trinajstić information content (AvgIpc) is 2.31. The van der Waals surface area contributed by atoms with Crippen LogP contribution >= 0.6 is 0 Å². The van der Waals surface area contributed by atoms with Gasteiger partial charge in [-0.2, -0.15) is 0 Å². The number of rotatable bonds is 1. The van der Waals surface area contributed by atoms with Crippen molar-refractivity contribution in [3.8, 4) is 0 Å². The summed E-state index contributed by atoms with van der Waals surface area (Å²) in [7, 11) is 0. The number of ether oxygens (including phenoxy) is 1. The molecule has 0 atom stereocenters. The first-order chi connectivity index (χ1) is 7.70. The lowest BCUT2D eigenvalue weighted by molar-refractivity contribution is 0.00858. The zero-order chi connectivity index (χ0) is 11.8. The van der Waals surface area contributed by atoms with E-state index in [1.807, 2.05) is 13.8 Å². The van der Waals surface area contributed by atoms with Gasteiger partial charge in [0, 0.05) is 20.6 Å². The van der Waals surface area contributed by atoms with Crippen LogP contribution in [0.2, 0.25) is 0 Å². The van der Waals surface area contributed by atoms with Gasteiger partial charge in [0.05, 0.1) is 13.2 Å². The van der Waals surface area contributed by atoms with Crippen LogP contribution in [0.5, 0.6) is 0 Å². The summed E-state index contributed by atoms with van der Waals surface area (Å²) >= 11 is 0. The summed E-state index contributed by atoms with van der Waals surface area (Å²) in [5, 5.41) is 0. The Morgan fingerprint density at radius 2 is 1.62 bits per heavy atom. The number of nitrogens with two attached hydrogens (primary N) is 1. The molecule has 98 valence electrons. The molecule has 0 unspecified atom stereocenters. The molecule has 0 aromatic rings. The van der Waals surface area contributed by atoms with E-state index >= 15 is 0 Å². The molecule has 0 spiro atoms. The Morgan fingerprint density at radius 1 is 1.12 bits per heavy atom. The van der Waals surface area contributed by atoms with E-state index in [0.717, 1.165) is 19.3 Å². The van der Waals surface area contributed by atoms with E-state index in [9.17, 15) is 0 Å². The van der Waals surface area contributed by atoms with Crippen LogP contribution in [0.15, 0.2) is 0 Å². The molecule has 2 rings (SSSR count). The third kappa shape index (κ3) is 5.83. The second-order valence-electron chi connectivity index (χ2n) is 5.18. The van der Waals surface area contributed by atoms with Crippen LogP contribution < -0.4 is 5.73 Å². The smallest absolute Gasteiger partial charge is 0.0594 e. The molecule has 2 N–H and O–H groups in total. The van der Waals surface area contributed by atoms with Crippen LogP contribution in [0, 0.1) is 0 Å². The van der Waals surface area contributed by atoms with E-state index in [1.54, 1.807) is 0 Å². The van der Waals surface area contributed by atoms with Gasteiger partial charge in [0.25, 0.3) is 0 Å². The van der Waals surface area contributed by atoms with Gasteiger partial charge in [0.2, 0.25) is 0 Å². The van der Waals surface area contributed by atoms with Crippen LogP contribution in [0.3, 0.4) is 0 Å². The highest BCUT2D eigenvalue weighted by atomic mass is 16.5. The lowest BCUT2D eigenvalue weighted by atomic mass is 9.94. The summed E-state index contributed by atoms with van der Waals surface area (Å²) < 4.78 is 5.35. The topological polar surface area (TPSA) is 38.5 Å². The van der Waals surface area contributed by atoms with Crippen molar-refractivity contribution in [1.29, 1.82) is 0 Å². The first kappa shape index (κ1) is 13.9. The summed E-state index contributed by atoms with van der Waals surface area (Å²) in [6, 6.07) is 1.22. The van der Waals surface area contributed by atoms with E-state index in [4.69, 9.17) is 10.5 Å². The molecule has 0 bridgehead atoms. The third-order valence-corrected chi connectivity index (χ3v) is 3.14. The second-order valence-corrected chi connectivity index (χ2v) is 5.18. The first-order valence-electron chi connectivity index (χ1n) is 6.77. The molecular weight excluding hydrogens is 200 g/mol. The predicted octanol–water partition coefficient (Wildman–Crippen LogP) is 2.25. The second kappa shape index (κ2) is 8.04. The van der Waals surface area contributed by atoms with E-state index in [2.05, 4.69) is 4.90 Å². The minimum Gasteiger partial charge on any atom is -0.379 e. The molecule has 3 heteroatoms. The van der Waals surface area contributed by atoms with E-state index in [1.165, 1.54) is 45.2 Å². The molecule has 3 nitrogen and oxygen atoms in total. The quantitative estimate of drug-likeness (QED) is 0.751. The lowest BCUT2D eigenvalue weighted by Gasteiger charge is -2.36. The number of hydrogen-bond acceptors (Lipinski definition) is 3. The van der Waals surface area contributed by atoms with E-state index < -0.39 is 0 Å². The summed E-state index contributed by atoms with van der Waals surface area (Å²) in [5.41, 5.74) is 5.11. The van der Waals surface area contributed by atoms with Gasteiger partial charge in [-0.05, 0) is 18.9 Å². The average molecular weight is 230 g/mol. The van der Waals surface area contributed by atoms with Crippen molar-refractivity contribution < 1.29 is 6.16 Å². The molecule has 16 heavy (non-hydrogen) atoms. The maximum Gasteiger partial charge on any atom is 0.0594 e. The van der Waals surface area contributed by atoms with Crippen molar-refractivity contribution in [1.82, 2.24) is 4.90 Å². The summed E-state index contributed by atoms with van der Waals surface area (Å²) in [6.45, 7) is 8.14. The molecule has 0 aromatic carbocycles. The van der Waals surface area contributed by atoms with Crippen molar-refractivity contribution >= 4 is 0 Å². The molecule has 1 aliphatic heterocycles.